The molecule has 2 amide bonds. The number of benzene rings is 1. The van der Waals surface area contributed by atoms with Gasteiger partial charge in [0.15, 0.2) is 10.8 Å². The fourth-order valence-electron chi connectivity index (χ4n) is 1.72. The lowest BCUT2D eigenvalue weighted by Gasteiger charge is -1.92. The standard InChI is InChI=1S/C14H10N4O3S/c15-12(19)13(20)18-16-7-8-5-6-10(21-8)14-17-9-3-1-2-4-11(9)22-14/h1-7H,(H2,15,19)(H,18,20)/b16-7-. The molecule has 0 fully saturated rings. The molecule has 8 heteroatoms. The SMILES string of the molecule is NC(=O)C(=O)N/N=C\c1ccc(-c2nc3ccccc3s2)o1. The van der Waals surface area contributed by atoms with Gasteiger partial charge in [0, 0.05) is 0 Å². The van der Waals surface area contributed by atoms with E-state index in [9.17, 15) is 9.59 Å². The first-order valence-electron chi connectivity index (χ1n) is 6.22. The van der Waals surface area contributed by atoms with Gasteiger partial charge in [0.25, 0.3) is 0 Å². The van der Waals surface area contributed by atoms with E-state index in [-0.39, 0.29) is 0 Å². The summed E-state index contributed by atoms with van der Waals surface area (Å²) in [6.45, 7) is 0. The van der Waals surface area contributed by atoms with Crippen LogP contribution < -0.4 is 11.2 Å². The number of nitrogens with one attached hydrogen (secondary N) is 1. The summed E-state index contributed by atoms with van der Waals surface area (Å²) in [7, 11) is 0. The summed E-state index contributed by atoms with van der Waals surface area (Å²) in [5.41, 5.74) is 7.67. The van der Waals surface area contributed by atoms with Crippen LogP contribution in [0.15, 0.2) is 45.9 Å². The summed E-state index contributed by atoms with van der Waals surface area (Å²) in [6, 6.07) is 11.2. The zero-order valence-electron chi connectivity index (χ0n) is 11.1. The Morgan fingerprint density at radius 1 is 1.27 bits per heavy atom. The van der Waals surface area contributed by atoms with Gasteiger partial charge in [0.1, 0.15) is 5.76 Å². The second-order valence-electron chi connectivity index (χ2n) is 4.25. The minimum atomic E-state index is -1.10. The Morgan fingerprint density at radius 2 is 2.09 bits per heavy atom. The van der Waals surface area contributed by atoms with Crippen LogP contribution in [0.1, 0.15) is 5.76 Å². The summed E-state index contributed by atoms with van der Waals surface area (Å²) < 4.78 is 6.64. The van der Waals surface area contributed by atoms with E-state index in [1.54, 1.807) is 12.1 Å². The Kier molecular flexibility index (Phi) is 3.67. The Hall–Kier alpha value is -3.00. The van der Waals surface area contributed by atoms with Gasteiger partial charge in [-0.25, -0.2) is 10.4 Å². The van der Waals surface area contributed by atoms with Crippen LogP contribution in [0.4, 0.5) is 0 Å². The molecule has 0 saturated carbocycles. The predicted molar refractivity (Wildman–Crippen MR) is 82.3 cm³/mol. The number of thiazole rings is 1. The van der Waals surface area contributed by atoms with Gasteiger partial charge in [-0.15, -0.1) is 11.3 Å². The number of carbonyl (C=O) groups excluding carboxylic acids is 2. The summed E-state index contributed by atoms with van der Waals surface area (Å²) >= 11 is 1.52. The van der Waals surface area contributed by atoms with Crippen molar-refractivity contribution >= 4 is 39.6 Å². The first-order chi connectivity index (χ1) is 10.6. The predicted octanol–water partition coefficient (Wildman–Crippen LogP) is 1.49. The lowest BCUT2D eigenvalue weighted by Crippen LogP contribution is -2.32. The molecule has 0 atom stereocenters. The van der Waals surface area contributed by atoms with Crippen molar-refractivity contribution in [3.63, 3.8) is 0 Å². The number of nitrogens with zero attached hydrogens (tertiary/aromatic N) is 2. The summed E-state index contributed by atoms with van der Waals surface area (Å²) in [4.78, 5) is 25.9. The lowest BCUT2D eigenvalue weighted by atomic mass is 10.3. The molecule has 0 aliphatic carbocycles. The van der Waals surface area contributed by atoms with Crippen LogP contribution in [0.5, 0.6) is 0 Å². The van der Waals surface area contributed by atoms with E-state index in [0.29, 0.717) is 11.5 Å². The molecular formula is C14H10N4O3S. The van der Waals surface area contributed by atoms with Gasteiger partial charge in [-0.3, -0.25) is 9.59 Å². The van der Waals surface area contributed by atoms with Gasteiger partial charge >= 0.3 is 11.8 Å². The highest BCUT2D eigenvalue weighted by Crippen LogP contribution is 2.30. The topological polar surface area (TPSA) is 111 Å². The van der Waals surface area contributed by atoms with Crippen molar-refractivity contribution in [1.29, 1.82) is 0 Å². The van der Waals surface area contributed by atoms with Crippen molar-refractivity contribution in [2.75, 3.05) is 0 Å². The average molecular weight is 314 g/mol. The van der Waals surface area contributed by atoms with Crippen molar-refractivity contribution in [3.05, 3.63) is 42.2 Å². The van der Waals surface area contributed by atoms with Crippen LogP contribution in [0, 0.1) is 0 Å². The Morgan fingerprint density at radius 3 is 2.86 bits per heavy atom. The number of primary amides is 1. The van der Waals surface area contributed by atoms with E-state index in [1.165, 1.54) is 17.6 Å². The highest BCUT2D eigenvalue weighted by molar-refractivity contribution is 7.21. The number of para-hydroxylation sites is 1. The van der Waals surface area contributed by atoms with Gasteiger partial charge in [0.2, 0.25) is 0 Å². The number of fused-ring (bicyclic) bond motifs is 1. The van der Waals surface area contributed by atoms with Crippen molar-refractivity contribution in [2.45, 2.75) is 0 Å². The van der Waals surface area contributed by atoms with Crippen molar-refractivity contribution in [2.24, 2.45) is 10.8 Å². The van der Waals surface area contributed by atoms with Crippen LogP contribution in [0.3, 0.4) is 0 Å². The smallest absolute Gasteiger partial charge is 0.329 e. The largest absolute Gasteiger partial charge is 0.453 e. The molecule has 1 aromatic carbocycles. The Balaban J connectivity index is 1.77. The Labute approximate surface area is 128 Å². The molecule has 7 nitrogen and oxygen atoms in total. The number of hydrazone groups is 1. The monoisotopic (exact) mass is 314 g/mol. The zero-order valence-corrected chi connectivity index (χ0v) is 12.0. The molecule has 0 aliphatic rings. The summed E-state index contributed by atoms with van der Waals surface area (Å²) in [6.07, 6.45) is 1.28. The van der Waals surface area contributed by atoms with Gasteiger partial charge in [-0.2, -0.15) is 5.10 Å². The van der Waals surface area contributed by atoms with Crippen molar-refractivity contribution in [3.8, 4) is 10.8 Å². The van der Waals surface area contributed by atoms with E-state index >= 15 is 0 Å². The van der Waals surface area contributed by atoms with Gasteiger partial charge < -0.3 is 10.2 Å². The third kappa shape index (κ3) is 2.86. The summed E-state index contributed by atoms with van der Waals surface area (Å²) in [5.74, 6) is -1.08. The molecule has 0 aliphatic heterocycles. The maximum Gasteiger partial charge on any atom is 0.329 e. The molecule has 0 unspecified atom stereocenters. The second kappa shape index (κ2) is 5.78. The quantitative estimate of drug-likeness (QED) is 0.433. The molecule has 3 N–H and O–H groups in total. The van der Waals surface area contributed by atoms with E-state index < -0.39 is 11.8 Å². The van der Waals surface area contributed by atoms with Crippen LogP contribution in [0.25, 0.3) is 21.0 Å². The third-order valence-corrected chi connectivity index (χ3v) is 3.76. The fourth-order valence-corrected chi connectivity index (χ4v) is 2.65. The average Bonchev–Trinajstić information content (AvgIpc) is 3.13. The third-order valence-electron chi connectivity index (χ3n) is 2.71. The van der Waals surface area contributed by atoms with E-state index in [0.717, 1.165) is 15.2 Å². The van der Waals surface area contributed by atoms with Gasteiger partial charge in [-0.1, -0.05) is 12.1 Å². The van der Waals surface area contributed by atoms with Crippen LogP contribution in [-0.4, -0.2) is 23.0 Å². The zero-order chi connectivity index (χ0) is 15.5. The van der Waals surface area contributed by atoms with Crippen LogP contribution in [0.2, 0.25) is 0 Å². The number of rotatable bonds is 3. The highest BCUT2D eigenvalue weighted by Gasteiger charge is 2.10. The van der Waals surface area contributed by atoms with Gasteiger partial charge in [0.05, 0.1) is 16.4 Å². The number of furan rings is 1. The molecule has 0 spiro atoms. The maximum absolute atomic E-state index is 10.9. The van der Waals surface area contributed by atoms with Gasteiger partial charge in [-0.05, 0) is 24.3 Å². The van der Waals surface area contributed by atoms with E-state index in [1.807, 2.05) is 29.7 Å². The fraction of sp³-hybridized carbons (Fsp3) is 0. The molecule has 110 valence electrons. The first-order valence-corrected chi connectivity index (χ1v) is 7.04. The van der Waals surface area contributed by atoms with Crippen LogP contribution in [-0.2, 0) is 9.59 Å². The number of aromatic nitrogens is 1. The number of hydrogen-bond donors (Lipinski definition) is 2. The van der Waals surface area contributed by atoms with Crippen LogP contribution >= 0.6 is 11.3 Å². The molecule has 0 saturated heterocycles. The molecule has 3 rings (SSSR count). The number of hydrogen-bond acceptors (Lipinski definition) is 6. The molecule has 2 aromatic heterocycles. The minimum absolute atomic E-state index is 0.416. The van der Waals surface area contributed by atoms with Crippen molar-refractivity contribution in [1.82, 2.24) is 10.4 Å². The number of nitrogens with two attached hydrogens (primary N) is 1. The lowest BCUT2D eigenvalue weighted by molar-refractivity contribution is -0.137. The number of amides is 2. The molecule has 22 heavy (non-hydrogen) atoms. The normalized spacial score (nSPS) is 11.1. The first kappa shape index (κ1) is 14.0. The summed E-state index contributed by atoms with van der Waals surface area (Å²) in [5, 5.41) is 4.33. The second-order valence-corrected chi connectivity index (χ2v) is 5.28. The highest BCUT2D eigenvalue weighted by atomic mass is 32.1. The van der Waals surface area contributed by atoms with E-state index in [4.69, 9.17) is 10.2 Å². The minimum Gasteiger partial charge on any atom is -0.453 e. The molecular weight excluding hydrogens is 304 g/mol. The molecule has 2 heterocycles. The number of carbonyl (C=O) groups is 2. The van der Waals surface area contributed by atoms with Crippen molar-refractivity contribution < 1.29 is 14.0 Å². The van der Waals surface area contributed by atoms with E-state index in [2.05, 4.69) is 10.1 Å². The molecule has 0 bridgehead atoms. The maximum atomic E-state index is 10.9. The molecule has 0 radical (unpaired) electrons. The Bertz CT molecular complexity index is 848. The molecule has 3 aromatic rings.